The third-order valence-corrected chi connectivity index (χ3v) is 5.67. The molecule has 4 rings (SSSR count). The third-order valence-electron chi connectivity index (χ3n) is 5.67. The number of hydrogen-bond acceptors (Lipinski definition) is 1. The molecule has 27 heavy (non-hydrogen) atoms. The molecule has 1 atom stereocenters. The molecule has 0 N–H and O–H groups in total. The lowest BCUT2D eigenvalue weighted by molar-refractivity contribution is -0.122. The van der Waals surface area contributed by atoms with E-state index in [4.69, 9.17) is 0 Å². The molecule has 1 saturated carbocycles. The summed E-state index contributed by atoms with van der Waals surface area (Å²) in [5, 5.41) is 0. The van der Waals surface area contributed by atoms with Crippen LogP contribution in [-0.4, -0.2) is 10.4 Å². The van der Waals surface area contributed by atoms with Crippen molar-refractivity contribution in [2.45, 2.75) is 51.0 Å². The highest BCUT2D eigenvalue weighted by Gasteiger charge is 2.23. The monoisotopic (exact) mass is 357 g/mol. The van der Waals surface area contributed by atoms with Gasteiger partial charge in [0.05, 0.1) is 6.04 Å². The van der Waals surface area contributed by atoms with Crippen LogP contribution in [0.5, 0.6) is 0 Å². The van der Waals surface area contributed by atoms with Crippen LogP contribution in [0.3, 0.4) is 0 Å². The van der Waals surface area contributed by atoms with Crippen molar-refractivity contribution in [3.8, 4) is 11.1 Å². The minimum absolute atomic E-state index is 0.0143. The maximum Gasteiger partial charge on any atom is 0.155 e. The van der Waals surface area contributed by atoms with Gasteiger partial charge in [-0.15, -0.1) is 0 Å². The molecule has 3 aromatic rings. The Hall–Kier alpha value is -2.61. The van der Waals surface area contributed by atoms with Crippen molar-refractivity contribution in [1.29, 1.82) is 0 Å². The fourth-order valence-electron chi connectivity index (χ4n) is 4.16. The first kappa shape index (κ1) is 17.8. The van der Waals surface area contributed by atoms with Gasteiger partial charge in [0.2, 0.25) is 0 Å². The summed E-state index contributed by atoms with van der Waals surface area (Å²) in [4.78, 5) is 12.6. The van der Waals surface area contributed by atoms with Crippen molar-refractivity contribution in [1.82, 2.24) is 4.57 Å². The maximum absolute atomic E-state index is 12.6. The summed E-state index contributed by atoms with van der Waals surface area (Å²) in [7, 11) is 0. The molecule has 2 aromatic carbocycles. The number of carbonyl (C=O) groups excluding carboxylic acids is 1. The summed E-state index contributed by atoms with van der Waals surface area (Å²) >= 11 is 0. The highest BCUT2D eigenvalue weighted by atomic mass is 16.1. The van der Waals surface area contributed by atoms with Crippen molar-refractivity contribution in [3.63, 3.8) is 0 Å². The van der Waals surface area contributed by atoms with Gasteiger partial charge in [-0.2, -0.15) is 0 Å². The fourth-order valence-corrected chi connectivity index (χ4v) is 4.16. The SMILES string of the molecule is O=C1CCCCCC1n1cc(CCc2ccccc2)c(-c2ccccc2)c1. The summed E-state index contributed by atoms with van der Waals surface area (Å²) in [6.07, 6.45) is 11.5. The van der Waals surface area contributed by atoms with Crippen LogP contribution in [0.2, 0.25) is 0 Å². The van der Waals surface area contributed by atoms with Crippen LogP contribution in [0.1, 0.15) is 49.3 Å². The second-order valence-corrected chi connectivity index (χ2v) is 7.58. The predicted molar refractivity (Wildman–Crippen MR) is 111 cm³/mol. The first-order valence-electron chi connectivity index (χ1n) is 10.1. The summed E-state index contributed by atoms with van der Waals surface area (Å²) < 4.78 is 2.20. The molecular weight excluding hydrogens is 330 g/mol. The van der Waals surface area contributed by atoms with E-state index in [1.807, 2.05) is 0 Å². The Kier molecular flexibility index (Phi) is 5.53. The van der Waals surface area contributed by atoms with Gasteiger partial charge in [0.25, 0.3) is 0 Å². The molecular formula is C25H27NO. The predicted octanol–water partition coefficient (Wildman–Crippen LogP) is 6.01. The molecule has 138 valence electrons. The van der Waals surface area contributed by atoms with E-state index in [0.717, 1.165) is 38.5 Å². The summed E-state index contributed by atoms with van der Waals surface area (Å²) in [5.74, 6) is 0.400. The van der Waals surface area contributed by atoms with Crippen molar-refractivity contribution in [2.75, 3.05) is 0 Å². The molecule has 1 aromatic heterocycles. The first-order valence-corrected chi connectivity index (χ1v) is 10.1. The fraction of sp³-hybridized carbons (Fsp3) is 0.320. The largest absolute Gasteiger partial charge is 0.343 e. The third kappa shape index (κ3) is 4.21. The lowest BCUT2D eigenvalue weighted by Crippen LogP contribution is -2.16. The lowest BCUT2D eigenvalue weighted by Gasteiger charge is -2.15. The number of rotatable bonds is 5. The zero-order valence-electron chi connectivity index (χ0n) is 15.8. The van der Waals surface area contributed by atoms with E-state index in [1.54, 1.807) is 0 Å². The summed E-state index contributed by atoms with van der Waals surface area (Å²) in [5.41, 5.74) is 5.20. The Bertz CT molecular complexity index is 879. The second-order valence-electron chi connectivity index (χ2n) is 7.58. The number of benzene rings is 2. The van der Waals surface area contributed by atoms with E-state index in [9.17, 15) is 4.79 Å². The van der Waals surface area contributed by atoms with Gasteiger partial charge in [0.15, 0.2) is 5.78 Å². The average Bonchev–Trinajstić information content (AvgIpc) is 3.02. The quantitative estimate of drug-likeness (QED) is 0.512. The Morgan fingerprint density at radius 1 is 0.815 bits per heavy atom. The van der Waals surface area contributed by atoms with Gasteiger partial charge >= 0.3 is 0 Å². The van der Waals surface area contributed by atoms with Crippen LogP contribution in [0, 0.1) is 0 Å². The normalized spacial score (nSPS) is 17.6. The number of hydrogen-bond donors (Lipinski definition) is 0. The van der Waals surface area contributed by atoms with Crippen LogP contribution in [0.15, 0.2) is 73.1 Å². The van der Waals surface area contributed by atoms with Gasteiger partial charge in [-0.05, 0) is 42.4 Å². The summed E-state index contributed by atoms with van der Waals surface area (Å²) in [6, 6.07) is 21.2. The van der Waals surface area contributed by atoms with Gasteiger partial charge in [0, 0.05) is 24.4 Å². The number of aromatic nitrogens is 1. The molecule has 1 fully saturated rings. The number of aryl methyl sites for hydroxylation is 2. The molecule has 0 aliphatic heterocycles. The molecule has 1 aliphatic rings. The Morgan fingerprint density at radius 2 is 1.56 bits per heavy atom. The van der Waals surface area contributed by atoms with Gasteiger partial charge in [0.1, 0.15) is 0 Å². The minimum atomic E-state index is 0.0143. The van der Waals surface area contributed by atoms with Gasteiger partial charge in [-0.1, -0.05) is 73.5 Å². The minimum Gasteiger partial charge on any atom is -0.343 e. The van der Waals surface area contributed by atoms with Crippen molar-refractivity contribution < 1.29 is 4.79 Å². The molecule has 1 unspecified atom stereocenters. The molecule has 0 bridgehead atoms. The van der Waals surface area contributed by atoms with Crippen LogP contribution >= 0.6 is 0 Å². The van der Waals surface area contributed by atoms with E-state index < -0.39 is 0 Å². The lowest BCUT2D eigenvalue weighted by atomic mass is 9.99. The van der Waals surface area contributed by atoms with Crippen LogP contribution in [-0.2, 0) is 17.6 Å². The van der Waals surface area contributed by atoms with E-state index in [-0.39, 0.29) is 6.04 Å². The molecule has 2 heteroatoms. The molecule has 0 amide bonds. The Balaban J connectivity index is 1.65. The van der Waals surface area contributed by atoms with Crippen LogP contribution < -0.4 is 0 Å². The highest BCUT2D eigenvalue weighted by molar-refractivity contribution is 5.83. The van der Waals surface area contributed by atoms with E-state index in [2.05, 4.69) is 77.6 Å². The van der Waals surface area contributed by atoms with E-state index in [1.165, 1.54) is 28.7 Å². The Labute approximate surface area is 161 Å². The van der Waals surface area contributed by atoms with Crippen LogP contribution in [0.4, 0.5) is 0 Å². The average molecular weight is 357 g/mol. The molecule has 2 nitrogen and oxygen atoms in total. The number of nitrogens with zero attached hydrogens (tertiary/aromatic N) is 1. The van der Waals surface area contributed by atoms with Gasteiger partial charge < -0.3 is 4.57 Å². The molecule has 1 aliphatic carbocycles. The highest BCUT2D eigenvalue weighted by Crippen LogP contribution is 2.31. The van der Waals surface area contributed by atoms with Crippen molar-refractivity contribution >= 4 is 5.78 Å². The van der Waals surface area contributed by atoms with Crippen LogP contribution in [0.25, 0.3) is 11.1 Å². The molecule has 0 saturated heterocycles. The molecule has 0 spiro atoms. The topological polar surface area (TPSA) is 22.0 Å². The van der Waals surface area contributed by atoms with Crippen molar-refractivity contribution in [2.24, 2.45) is 0 Å². The Morgan fingerprint density at radius 3 is 2.33 bits per heavy atom. The van der Waals surface area contributed by atoms with Gasteiger partial charge in [-0.25, -0.2) is 0 Å². The second kappa shape index (κ2) is 8.39. The maximum atomic E-state index is 12.6. The van der Waals surface area contributed by atoms with Crippen molar-refractivity contribution in [3.05, 3.63) is 84.2 Å². The number of Topliss-reactive ketones (excluding diaryl/α,β-unsaturated/α-hetero) is 1. The summed E-state index contributed by atoms with van der Waals surface area (Å²) in [6.45, 7) is 0. The number of ketones is 1. The smallest absolute Gasteiger partial charge is 0.155 e. The molecule has 1 heterocycles. The van der Waals surface area contributed by atoms with E-state index in [0.29, 0.717) is 5.78 Å². The zero-order valence-corrected chi connectivity index (χ0v) is 15.8. The first-order chi connectivity index (χ1) is 13.3. The van der Waals surface area contributed by atoms with E-state index >= 15 is 0 Å². The molecule has 0 radical (unpaired) electrons. The standard InChI is InChI=1S/C25H27NO/c27-25-15-9-3-8-14-24(25)26-18-22(17-16-20-10-4-1-5-11-20)23(19-26)21-12-6-2-7-13-21/h1-2,4-7,10-13,18-19,24H,3,8-9,14-17H2. The zero-order chi connectivity index (χ0) is 18.5. The van der Waals surface area contributed by atoms with Gasteiger partial charge in [-0.3, -0.25) is 4.79 Å². The number of carbonyl (C=O) groups is 1.